The van der Waals surface area contributed by atoms with Crippen molar-refractivity contribution >= 4 is 17.3 Å². The molecule has 7 atom stereocenters. The van der Waals surface area contributed by atoms with Gasteiger partial charge in [-0.2, -0.15) is 0 Å². The van der Waals surface area contributed by atoms with Gasteiger partial charge in [0.25, 0.3) is 0 Å². The van der Waals surface area contributed by atoms with E-state index in [-0.39, 0.29) is 39.0 Å². The lowest BCUT2D eigenvalue weighted by molar-refractivity contribution is -0.190. The number of unbranched alkanes of at least 4 members (excludes halogenated alkanes) is 1. The molecule has 0 N–H and O–H groups in total. The Kier molecular flexibility index (Phi) is 7.07. The first-order chi connectivity index (χ1) is 19.7. The van der Waals surface area contributed by atoms with Crippen molar-refractivity contribution in [1.82, 2.24) is 0 Å². The number of carbonyl (C=O) groups excluding carboxylic acids is 2. The molecular formula is C38H56O4. The maximum absolute atomic E-state index is 14.2. The highest BCUT2D eigenvalue weighted by Gasteiger charge is 2.70. The average Bonchev–Trinajstić information content (AvgIpc) is 3.46. The Morgan fingerprint density at radius 1 is 0.976 bits per heavy atom. The van der Waals surface area contributed by atoms with E-state index < -0.39 is 5.41 Å². The van der Waals surface area contributed by atoms with E-state index in [0.717, 1.165) is 70.6 Å². The molecule has 6 rings (SSSR count). The van der Waals surface area contributed by atoms with Crippen molar-refractivity contribution < 1.29 is 18.7 Å². The van der Waals surface area contributed by atoms with E-state index in [2.05, 4.69) is 61.5 Å². The van der Waals surface area contributed by atoms with Crippen LogP contribution in [-0.2, 0) is 14.3 Å². The van der Waals surface area contributed by atoms with E-state index in [1.54, 1.807) is 5.57 Å². The predicted octanol–water partition coefficient (Wildman–Crippen LogP) is 9.82. The van der Waals surface area contributed by atoms with Gasteiger partial charge in [0.2, 0.25) is 0 Å². The number of ketones is 1. The number of hydrogen-bond acceptors (Lipinski definition) is 4. The lowest BCUT2D eigenvalue weighted by Crippen LogP contribution is -2.65. The summed E-state index contributed by atoms with van der Waals surface area (Å²) in [6.45, 7) is 19.7. The fourth-order valence-electron chi connectivity index (χ4n) is 11.7. The van der Waals surface area contributed by atoms with E-state index >= 15 is 0 Å². The molecule has 0 amide bonds. The van der Waals surface area contributed by atoms with Gasteiger partial charge in [-0.25, -0.2) is 0 Å². The molecule has 0 aromatic carbocycles. The van der Waals surface area contributed by atoms with Gasteiger partial charge in [-0.1, -0.05) is 67.4 Å². The number of rotatable bonds is 5. The number of furan rings is 1. The number of hydrogen-bond donors (Lipinski definition) is 0. The monoisotopic (exact) mass is 576 g/mol. The van der Waals surface area contributed by atoms with Crippen LogP contribution in [0.1, 0.15) is 138 Å². The minimum atomic E-state index is -0.434. The first-order valence-electron chi connectivity index (χ1n) is 17.1. The number of Topliss-reactive ketones (excluding diaryl/α,β-unsaturated/α-hetero) is 1. The summed E-state index contributed by atoms with van der Waals surface area (Å²) in [5.74, 6) is 1.59. The number of fused-ring (bicyclic) bond motifs is 7. The lowest BCUT2D eigenvalue weighted by atomic mass is 9.32. The van der Waals surface area contributed by atoms with Crippen LogP contribution in [0.3, 0.4) is 0 Å². The van der Waals surface area contributed by atoms with Crippen LogP contribution in [0.15, 0.2) is 28.6 Å². The molecule has 4 nitrogen and oxygen atoms in total. The third-order valence-corrected chi connectivity index (χ3v) is 14.5. The van der Waals surface area contributed by atoms with E-state index in [9.17, 15) is 9.59 Å². The second-order valence-electron chi connectivity index (χ2n) is 17.2. The predicted molar refractivity (Wildman–Crippen MR) is 167 cm³/mol. The molecule has 0 radical (unpaired) electrons. The van der Waals surface area contributed by atoms with Crippen LogP contribution in [0.25, 0.3) is 5.57 Å². The van der Waals surface area contributed by atoms with Crippen molar-refractivity contribution in [3.05, 3.63) is 29.7 Å². The minimum Gasteiger partial charge on any atom is -0.472 e. The summed E-state index contributed by atoms with van der Waals surface area (Å²) in [6.07, 6.45) is 15.7. The van der Waals surface area contributed by atoms with E-state index in [1.165, 1.54) is 11.1 Å². The van der Waals surface area contributed by atoms with Gasteiger partial charge in [-0.15, -0.1) is 0 Å². The highest BCUT2D eigenvalue weighted by Crippen LogP contribution is 2.77. The summed E-state index contributed by atoms with van der Waals surface area (Å²) < 4.78 is 11.9. The standard InChI is InChI=1S/C38H56O4/c1-9-10-20-42-32(40)38-18-16-33(2,3)23-27(38)31-26(25-13-21-41-24-25)22-29-35(6)14-12-30(39)34(4,5)28(35)11-15-36(29,7)37(31,8)17-19-38/h13,21,24,27-29H,9-12,14-20,22-23H2,1-8H3/t27-,28-,29?,35-,36+,37+,38-/m0/s1. The number of carbonyl (C=O) groups is 2. The fourth-order valence-corrected chi connectivity index (χ4v) is 11.7. The Morgan fingerprint density at radius 3 is 2.40 bits per heavy atom. The van der Waals surface area contributed by atoms with E-state index in [1.807, 2.05) is 12.5 Å². The number of esters is 1. The largest absolute Gasteiger partial charge is 0.472 e. The Morgan fingerprint density at radius 2 is 1.71 bits per heavy atom. The van der Waals surface area contributed by atoms with Gasteiger partial charge < -0.3 is 9.15 Å². The minimum absolute atomic E-state index is 0.0205. The molecule has 4 saturated carbocycles. The number of ether oxygens (including phenoxy) is 1. The molecule has 4 heteroatoms. The van der Waals surface area contributed by atoms with Crippen LogP contribution in [0, 0.1) is 50.2 Å². The average molecular weight is 577 g/mol. The smallest absolute Gasteiger partial charge is 0.312 e. The van der Waals surface area contributed by atoms with Gasteiger partial charge in [0, 0.05) is 17.4 Å². The molecule has 1 unspecified atom stereocenters. The lowest BCUT2D eigenvalue weighted by Gasteiger charge is -2.71. The first-order valence-corrected chi connectivity index (χ1v) is 17.1. The molecule has 0 bridgehead atoms. The quantitative estimate of drug-likeness (QED) is 0.259. The second kappa shape index (κ2) is 9.83. The third-order valence-electron chi connectivity index (χ3n) is 14.5. The molecule has 1 aromatic rings. The van der Waals surface area contributed by atoms with Gasteiger partial charge in [0.15, 0.2) is 0 Å². The zero-order valence-corrected chi connectivity index (χ0v) is 27.8. The van der Waals surface area contributed by atoms with Crippen molar-refractivity contribution in [3.8, 4) is 0 Å². The molecule has 0 saturated heterocycles. The normalized spacial score (nSPS) is 42.2. The molecule has 1 heterocycles. The molecule has 0 aliphatic heterocycles. The Hall–Kier alpha value is -1.84. The Bertz CT molecular complexity index is 1270. The van der Waals surface area contributed by atoms with Crippen molar-refractivity contribution in [3.63, 3.8) is 0 Å². The zero-order valence-electron chi connectivity index (χ0n) is 27.8. The second-order valence-corrected chi connectivity index (χ2v) is 17.2. The molecule has 4 fully saturated rings. The maximum Gasteiger partial charge on any atom is 0.312 e. The topological polar surface area (TPSA) is 56.5 Å². The molecule has 5 aliphatic rings. The Balaban J connectivity index is 1.54. The van der Waals surface area contributed by atoms with Crippen LogP contribution < -0.4 is 0 Å². The van der Waals surface area contributed by atoms with Gasteiger partial charge in [-0.3, -0.25) is 9.59 Å². The molecule has 232 valence electrons. The summed E-state index contributed by atoms with van der Waals surface area (Å²) in [4.78, 5) is 27.5. The molecular weight excluding hydrogens is 520 g/mol. The Labute approximate surface area is 254 Å². The third kappa shape index (κ3) is 4.04. The van der Waals surface area contributed by atoms with E-state index in [0.29, 0.717) is 30.6 Å². The van der Waals surface area contributed by atoms with Gasteiger partial charge in [-0.05, 0) is 115 Å². The van der Waals surface area contributed by atoms with Gasteiger partial charge in [0.05, 0.1) is 24.5 Å². The fraction of sp³-hybridized carbons (Fsp3) is 0.789. The van der Waals surface area contributed by atoms with Crippen molar-refractivity contribution in [2.45, 2.75) is 132 Å². The SMILES string of the molecule is CCCCOC(=O)[C@]12CCC(C)(C)C[C@H]1C1=C(c3ccoc3)CC3[C@@]4(C)CCC(=O)C(C)(C)[C@@H]4CC[C@@]3(C)[C@]1(C)CC2. The highest BCUT2D eigenvalue weighted by atomic mass is 16.5. The summed E-state index contributed by atoms with van der Waals surface area (Å²) in [5.41, 5.74) is 3.87. The summed E-state index contributed by atoms with van der Waals surface area (Å²) in [6, 6.07) is 2.16. The van der Waals surface area contributed by atoms with Crippen LogP contribution in [0.5, 0.6) is 0 Å². The zero-order chi connectivity index (χ0) is 30.3. The summed E-state index contributed by atoms with van der Waals surface area (Å²) >= 11 is 0. The van der Waals surface area contributed by atoms with Crippen LogP contribution >= 0.6 is 0 Å². The molecule has 5 aliphatic carbocycles. The van der Waals surface area contributed by atoms with Crippen molar-refractivity contribution in [1.29, 1.82) is 0 Å². The highest BCUT2D eigenvalue weighted by molar-refractivity contribution is 5.86. The first kappa shape index (κ1) is 30.2. The van der Waals surface area contributed by atoms with Gasteiger partial charge >= 0.3 is 5.97 Å². The van der Waals surface area contributed by atoms with Crippen LogP contribution in [0.4, 0.5) is 0 Å². The summed E-state index contributed by atoms with van der Waals surface area (Å²) in [5, 5.41) is 0. The van der Waals surface area contributed by atoms with Crippen molar-refractivity contribution in [2.24, 2.45) is 50.2 Å². The molecule has 42 heavy (non-hydrogen) atoms. The number of allylic oxidation sites excluding steroid dienone is 2. The van der Waals surface area contributed by atoms with Crippen LogP contribution in [-0.4, -0.2) is 18.4 Å². The molecule has 0 spiro atoms. The summed E-state index contributed by atoms with van der Waals surface area (Å²) in [7, 11) is 0. The van der Waals surface area contributed by atoms with E-state index in [4.69, 9.17) is 9.15 Å². The maximum atomic E-state index is 14.2. The van der Waals surface area contributed by atoms with Crippen LogP contribution in [0.2, 0.25) is 0 Å². The van der Waals surface area contributed by atoms with Crippen molar-refractivity contribution in [2.75, 3.05) is 6.61 Å². The van der Waals surface area contributed by atoms with Gasteiger partial charge in [0.1, 0.15) is 5.78 Å². The molecule has 1 aromatic heterocycles.